The van der Waals surface area contributed by atoms with Crippen molar-refractivity contribution in [3.8, 4) is 0 Å². The van der Waals surface area contributed by atoms with Gasteiger partial charge in [-0.25, -0.2) is 4.98 Å². The van der Waals surface area contributed by atoms with Crippen molar-refractivity contribution in [3.63, 3.8) is 0 Å². The molecule has 0 radical (unpaired) electrons. The maximum absolute atomic E-state index is 11.9. The van der Waals surface area contributed by atoms with Crippen LogP contribution in [0.5, 0.6) is 0 Å². The summed E-state index contributed by atoms with van der Waals surface area (Å²) in [6, 6.07) is 11.3. The van der Waals surface area contributed by atoms with E-state index in [9.17, 15) is 4.79 Å². The van der Waals surface area contributed by atoms with Crippen molar-refractivity contribution >= 4 is 43.5 Å². The Morgan fingerprint density at radius 1 is 1.22 bits per heavy atom. The number of anilines is 1. The van der Waals surface area contributed by atoms with E-state index in [2.05, 4.69) is 42.2 Å². The average molecular weight is 370 g/mol. The van der Waals surface area contributed by atoms with Gasteiger partial charge in [-0.05, 0) is 45.8 Å². The van der Waals surface area contributed by atoms with Gasteiger partial charge in [0.15, 0.2) is 0 Å². The Morgan fingerprint density at radius 3 is 2.78 bits per heavy atom. The molecule has 1 aromatic carbocycles. The Labute approximate surface area is 122 Å². The summed E-state index contributed by atoms with van der Waals surface area (Å²) in [6.45, 7) is 0. The van der Waals surface area contributed by atoms with Crippen LogP contribution in [0.4, 0.5) is 5.69 Å². The Morgan fingerprint density at radius 2 is 2.06 bits per heavy atom. The van der Waals surface area contributed by atoms with Crippen molar-refractivity contribution < 1.29 is 4.79 Å². The van der Waals surface area contributed by atoms with E-state index in [4.69, 9.17) is 0 Å². The van der Waals surface area contributed by atoms with Crippen LogP contribution in [0.25, 0.3) is 0 Å². The third kappa shape index (κ3) is 3.65. The largest absolute Gasteiger partial charge is 0.323 e. The number of carbonyl (C=O) groups is 1. The Kier molecular flexibility index (Phi) is 4.49. The summed E-state index contributed by atoms with van der Waals surface area (Å²) in [5.74, 6) is -0.0678. The SMILES string of the molecule is O=C(Cc1cccc(Br)c1)Nc1cccnc1Br. The molecule has 5 heteroatoms. The minimum atomic E-state index is -0.0678. The van der Waals surface area contributed by atoms with E-state index < -0.39 is 0 Å². The van der Waals surface area contributed by atoms with Crippen LogP contribution >= 0.6 is 31.9 Å². The maximum Gasteiger partial charge on any atom is 0.228 e. The predicted octanol–water partition coefficient (Wildman–Crippen LogP) is 3.79. The lowest BCUT2D eigenvalue weighted by Crippen LogP contribution is -2.14. The van der Waals surface area contributed by atoms with Crippen LogP contribution in [-0.2, 0) is 11.2 Å². The van der Waals surface area contributed by atoms with Crippen molar-refractivity contribution in [2.75, 3.05) is 5.32 Å². The average Bonchev–Trinajstić information content (AvgIpc) is 2.32. The molecule has 0 aliphatic heterocycles. The highest BCUT2D eigenvalue weighted by atomic mass is 79.9. The zero-order valence-electron chi connectivity index (χ0n) is 9.36. The number of pyridine rings is 1. The number of hydrogen-bond donors (Lipinski definition) is 1. The van der Waals surface area contributed by atoms with Crippen molar-refractivity contribution in [1.82, 2.24) is 4.98 Å². The monoisotopic (exact) mass is 368 g/mol. The third-order valence-corrected chi connectivity index (χ3v) is 3.41. The molecule has 92 valence electrons. The fourth-order valence-corrected chi connectivity index (χ4v) is 2.30. The third-order valence-electron chi connectivity index (χ3n) is 2.29. The molecule has 0 bridgehead atoms. The van der Waals surface area contributed by atoms with E-state index in [1.807, 2.05) is 24.3 Å². The first-order valence-electron chi connectivity index (χ1n) is 5.30. The number of carbonyl (C=O) groups excluding carboxylic acids is 1. The lowest BCUT2D eigenvalue weighted by atomic mass is 10.1. The summed E-state index contributed by atoms with van der Waals surface area (Å²) in [5, 5.41) is 2.81. The second-order valence-corrected chi connectivity index (χ2v) is 5.36. The number of nitrogens with zero attached hydrogens (tertiary/aromatic N) is 1. The second kappa shape index (κ2) is 6.11. The standard InChI is InChI=1S/C13H10Br2N2O/c14-10-4-1-3-9(7-10)8-12(18)17-11-5-2-6-16-13(11)15/h1-7H,8H2,(H,17,18). The molecular formula is C13H10Br2N2O. The van der Waals surface area contributed by atoms with Crippen LogP contribution in [0.15, 0.2) is 51.7 Å². The summed E-state index contributed by atoms with van der Waals surface area (Å²) in [7, 11) is 0. The van der Waals surface area contributed by atoms with E-state index in [1.165, 1.54) is 0 Å². The van der Waals surface area contributed by atoms with Gasteiger partial charge in [0.05, 0.1) is 12.1 Å². The summed E-state index contributed by atoms with van der Waals surface area (Å²) < 4.78 is 1.60. The number of halogens is 2. The van der Waals surface area contributed by atoms with Crippen LogP contribution in [0, 0.1) is 0 Å². The van der Waals surface area contributed by atoms with Crippen LogP contribution in [0.2, 0.25) is 0 Å². The molecule has 0 saturated heterocycles. The Bertz CT molecular complexity index is 572. The molecule has 0 fully saturated rings. The first-order chi connectivity index (χ1) is 8.65. The van der Waals surface area contributed by atoms with Gasteiger partial charge < -0.3 is 5.32 Å². The highest BCUT2D eigenvalue weighted by Crippen LogP contribution is 2.19. The van der Waals surface area contributed by atoms with Crippen LogP contribution in [0.1, 0.15) is 5.56 Å². The fourth-order valence-electron chi connectivity index (χ4n) is 1.51. The fraction of sp³-hybridized carbons (Fsp3) is 0.0769. The maximum atomic E-state index is 11.9. The molecular weight excluding hydrogens is 360 g/mol. The minimum absolute atomic E-state index is 0.0678. The molecule has 0 spiro atoms. The van der Waals surface area contributed by atoms with Gasteiger partial charge in [-0.15, -0.1) is 0 Å². The zero-order chi connectivity index (χ0) is 13.0. The van der Waals surface area contributed by atoms with E-state index in [0.29, 0.717) is 16.7 Å². The molecule has 0 unspecified atom stereocenters. The number of benzene rings is 1. The van der Waals surface area contributed by atoms with Crippen molar-refractivity contribution in [1.29, 1.82) is 0 Å². The molecule has 1 aromatic heterocycles. The van der Waals surface area contributed by atoms with Gasteiger partial charge >= 0.3 is 0 Å². The van der Waals surface area contributed by atoms with E-state index >= 15 is 0 Å². The number of amides is 1. The molecule has 1 N–H and O–H groups in total. The summed E-state index contributed by atoms with van der Waals surface area (Å²) >= 11 is 6.67. The molecule has 18 heavy (non-hydrogen) atoms. The molecule has 2 rings (SSSR count). The van der Waals surface area contributed by atoms with Crippen LogP contribution < -0.4 is 5.32 Å². The van der Waals surface area contributed by atoms with Crippen molar-refractivity contribution in [2.45, 2.75) is 6.42 Å². The zero-order valence-corrected chi connectivity index (χ0v) is 12.5. The van der Waals surface area contributed by atoms with Crippen LogP contribution in [-0.4, -0.2) is 10.9 Å². The molecule has 0 aliphatic rings. The van der Waals surface area contributed by atoms with Crippen LogP contribution in [0.3, 0.4) is 0 Å². The molecule has 0 atom stereocenters. The van der Waals surface area contributed by atoms with Gasteiger partial charge in [0.25, 0.3) is 0 Å². The van der Waals surface area contributed by atoms with Gasteiger partial charge in [-0.1, -0.05) is 28.1 Å². The topological polar surface area (TPSA) is 42.0 Å². The number of nitrogens with one attached hydrogen (secondary N) is 1. The highest BCUT2D eigenvalue weighted by Gasteiger charge is 2.07. The van der Waals surface area contributed by atoms with E-state index in [1.54, 1.807) is 18.3 Å². The summed E-state index contributed by atoms with van der Waals surface area (Å²) in [4.78, 5) is 15.9. The number of aromatic nitrogens is 1. The molecule has 1 heterocycles. The Balaban J connectivity index is 2.03. The van der Waals surface area contributed by atoms with Gasteiger partial charge in [0.2, 0.25) is 5.91 Å². The Hall–Kier alpha value is -1.20. The minimum Gasteiger partial charge on any atom is -0.323 e. The number of rotatable bonds is 3. The normalized spacial score (nSPS) is 10.1. The molecule has 3 nitrogen and oxygen atoms in total. The molecule has 2 aromatic rings. The van der Waals surface area contributed by atoms with Crippen molar-refractivity contribution in [3.05, 3.63) is 57.2 Å². The predicted molar refractivity (Wildman–Crippen MR) is 78.4 cm³/mol. The smallest absolute Gasteiger partial charge is 0.228 e. The summed E-state index contributed by atoms with van der Waals surface area (Å²) in [5.41, 5.74) is 1.64. The van der Waals surface area contributed by atoms with E-state index in [-0.39, 0.29) is 5.91 Å². The van der Waals surface area contributed by atoms with Crippen molar-refractivity contribution in [2.24, 2.45) is 0 Å². The molecule has 0 aliphatic carbocycles. The highest BCUT2D eigenvalue weighted by molar-refractivity contribution is 9.10. The molecule has 1 amide bonds. The first kappa shape index (κ1) is 13.2. The van der Waals surface area contributed by atoms with Gasteiger partial charge in [-0.3, -0.25) is 4.79 Å². The summed E-state index contributed by atoms with van der Waals surface area (Å²) in [6.07, 6.45) is 1.99. The lowest BCUT2D eigenvalue weighted by Gasteiger charge is -2.06. The van der Waals surface area contributed by atoms with Gasteiger partial charge in [0, 0.05) is 10.7 Å². The lowest BCUT2D eigenvalue weighted by molar-refractivity contribution is -0.115. The van der Waals surface area contributed by atoms with Gasteiger partial charge in [0.1, 0.15) is 4.60 Å². The quantitative estimate of drug-likeness (QED) is 0.836. The first-order valence-corrected chi connectivity index (χ1v) is 6.88. The molecule has 0 saturated carbocycles. The van der Waals surface area contributed by atoms with E-state index in [0.717, 1.165) is 10.0 Å². The number of hydrogen-bond acceptors (Lipinski definition) is 2. The second-order valence-electron chi connectivity index (χ2n) is 3.70. The van der Waals surface area contributed by atoms with Gasteiger partial charge in [-0.2, -0.15) is 0 Å².